The van der Waals surface area contributed by atoms with E-state index in [1.165, 1.54) is 11.3 Å². The molecule has 59 heavy (non-hydrogen) atoms. The van der Waals surface area contributed by atoms with Crippen LogP contribution in [0.5, 0.6) is 0 Å². The smallest absolute Gasteiger partial charge is 0.246 e. The van der Waals surface area contributed by atoms with E-state index < -0.39 is 34.9 Å². The molecule has 9 heteroatoms. The van der Waals surface area contributed by atoms with Crippen LogP contribution in [-0.4, -0.2) is 74.2 Å². The van der Waals surface area contributed by atoms with Crippen molar-refractivity contribution >= 4 is 34.1 Å². The van der Waals surface area contributed by atoms with Crippen molar-refractivity contribution in [2.24, 2.45) is 28.6 Å². The normalized spacial score (nSPS) is 36.4. The highest BCUT2D eigenvalue weighted by Gasteiger charge is 2.68. The number of rotatable bonds is 8. The molecule has 9 rings (SSSR count). The lowest BCUT2D eigenvalue weighted by Gasteiger charge is -2.64. The van der Waals surface area contributed by atoms with Crippen molar-refractivity contribution in [2.75, 3.05) is 19.6 Å². The molecule has 1 saturated heterocycles. The molecule has 3 fully saturated rings. The lowest BCUT2D eigenvalue weighted by molar-refractivity contribution is -0.144. The zero-order valence-electron chi connectivity index (χ0n) is 36.8. The highest BCUT2D eigenvalue weighted by atomic mass is 16.5. The predicted octanol–water partition coefficient (Wildman–Crippen LogP) is 8.23. The predicted molar refractivity (Wildman–Crippen MR) is 231 cm³/mol. The van der Waals surface area contributed by atoms with Crippen molar-refractivity contribution in [3.63, 3.8) is 0 Å². The van der Waals surface area contributed by atoms with Gasteiger partial charge in [-0.15, -0.1) is 0 Å². The number of hydrogen-bond donors (Lipinski definition) is 3. The van der Waals surface area contributed by atoms with Crippen LogP contribution in [0.15, 0.2) is 48.1 Å². The minimum Gasteiger partial charge on any atom is -0.392 e. The fraction of sp³-hybridized carbons (Fsp3) is 0.620. The molecule has 1 aromatic carbocycles. The number of hydrogen-bond acceptors (Lipinski definition) is 6. The van der Waals surface area contributed by atoms with Gasteiger partial charge in [0.25, 0.3) is 0 Å². The number of Topliss-reactive ketones (excluding diaryl/α,β-unsaturated/α-hetero) is 1. The van der Waals surface area contributed by atoms with Gasteiger partial charge in [0.1, 0.15) is 6.04 Å². The molecule has 2 amide bonds. The van der Waals surface area contributed by atoms with Gasteiger partial charge >= 0.3 is 0 Å². The number of benzene rings is 1. The summed E-state index contributed by atoms with van der Waals surface area (Å²) in [7, 11) is 0. The van der Waals surface area contributed by atoms with Crippen LogP contribution in [0.2, 0.25) is 0 Å². The molecule has 4 heterocycles. The van der Waals surface area contributed by atoms with E-state index in [4.69, 9.17) is 4.74 Å². The number of aliphatic hydroxyl groups is 2. The fourth-order valence-electron chi connectivity index (χ4n) is 14.1. The molecule has 4 aliphatic carbocycles. The number of aliphatic hydroxyl groups excluding tert-OH is 2. The summed E-state index contributed by atoms with van der Waals surface area (Å²) in [5.41, 5.74) is 6.22. The average molecular weight is 804 g/mol. The third-order valence-electron chi connectivity index (χ3n) is 16.8. The Hall–Kier alpha value is -3.79. The molecule has 0 spiro atoms. The number of carbonyl (C=O) groups excluding carboxylic acids is 3. The maximum atomic E-state index is 15.0. The van der Waals surface area contributed by atoms with Crippen molar-refractivity contribution < 1.29 is 29.3 Å². The lowest BCUT2D eigenvalue weighted by atomic mass is 9.40. The van der Waals surface area contributed by atoms with Crippen LogP contribution in [0.4, 0.5) is 0 Å². The fourth-order valence-corrected chi connectivity index (χ4v) is 14.1. The number of nitrogens with one attached hydrogen (secondary N) is 1. The summed E-state index contributed by atoms with van der Waals surface area (Å²) in [5.74, 6) is 0.341. The van der Waals surface area contributed by atoms with Gasteiger partial charge in [0, 0.05) is 65.0 Å². The molecule has 316 valence electrons. The molecule has 9 unspecified atom stereocenters. The highest BCUT2D eigenvalue weighted by molar-refractivity contribution is 6.18. The highest BCUT2D eigenvalue weighted by Crippen LogP contribution is 2.71. The first-order valence-electron chi connectivity index (χ1n) is 22.3. The largest absolute Gasteiger partial charge is 0.392 e. The number of amides is 2. The summed E-state index contributed by atoms with van der Waals surface area (Å²) in [6, 6.07) is 1.76. The summed E-state index contributed by atoms with van der Waals surface area (Å²) >= 11 is 0. The van der Waals surface area contributed by atoms with Gasteiger partial charge in [0.15, 0.2) is 5.78 Å². The molecule has 3 N–H and O–H groups in total. The van der Waals surface area contributed by atoms with Crippen LogP contribution >= 0.6 is 0 Å². The van der Waals surface area contributed by atoms with E-state index in [1.54, 1.807) is 0 Å². The third kappa shape index (κ3) is 5.55. The summed E-state index contributed by atoms with van der Waals surface area (Å²) in [6.07, 6.45) is 13.5. The van der Waals surface area contributed by atoms with Crippen LogP contribution in [0, 0.1) is 28.6 Å². The number of allylic oxidation sites excluding steroid dienone is 3. The van der Waals surface area contributed by atoms with E-state index in [9.17, 15) is 24.6 Å². The molecule has 3 aliphatic heterocycles. The Morgan fingerprint density at radius 1 is 1.07 bits per heavy atom. The molecule has 9 nitrogen and oxygen atoms in total. The monoisotopic (exact) mass is 803 g/mol. The summed E-state index contributed by atoms with van der Waals surface area (Å²) < 4.78 is 8.91. The molecule has 9 atom stereocenters. The zero-order valence-corrected chi connectivity index (χ0v) is 36.8. The number of ether oxygens (including phenoxy) is 1. The summed E-state index contributed by atoms with van der Waals surface area (Å²) in [6.45, 7) is 25.6. The molecule has 0 radical (unpaired) electrons. The first kappa shape index (κ1) is 40.6. The van der Waals surface area contributed by atoms with Crippen LogP contribution in [0.25, 0.3) is 16.5 Å². The lowest BCUT2D eigenvalue weighted by Crippen LogP contribution is -2.62. The number of ketones is 1. The molecular weight excluding hydrogens is 739 g/mol. The van der Waals surface area contributed by atoms with Crippen molar-refractivity contribution in [2.45, 2.75) is 149 Å². The Morgan fingerprint density at radius 3 is 2.51 bits per heavy atom. The molecule has 1 aromatic heterocycles. The van der Waals surface area contributed by atoms with Crippen molar-refractivity contribution in [1.29, 1.82) is 0 Å². The van der Waals surface area contributed by atoms with Crippen LogP contribution in [-0.2, 0) is 26.2 Å². The van der Waals surface area contributed by atoms with Crippen LogP contribution in [0.3, 0.4) is 0 Å². The number of aromatic nitrogens is 1. The molecule has 0 bridgehead atoms. The summed E-state index contributed by atoms with van der Waals surface area (Å²) in [5, 5.41) is 28.3. The first-order valence-corrected chi connectivity index (χ1v) is 22.3. The van der Waals surface area contributed by atoms with Gasteiger partial charge in [-0.2, -0.15) is 0 Å². The number of likely N-dealkylation sites (tertiary alicyclic amines) is 1. The second-order valence-electron chi connectivity index (χ2n) is 21.1. The standard InChI is InChI=1S/C50H65N3O6/c1-27(2)40-43(57)38-37-30(33-26-46(4,5)59-47(6,7)39(33)42(37)56)25-31-32-24-29-16-17-34-48(8,35(54)18-20-49(34,9)50(29,10)44(32)53(40)41(31)38)19-11-14-28(3)45(58)51-21-13-23-52-22-12-15-36(52)55/h11,14,19,25-26,29,34-35,39-40,42,54,56H,1,12-13,15-18,20-24H2,2-10H3,(H,51,58)/b19-11+,28-14+. The first-order chi connectivity index (χ1) is 27.7. The summed E-state index contributed by atoms with van der Waals surface area (Å²) in [4.78, 5) is 41.8. The minimum atomic E-state index is -0.865. The van der Waals surface area contributed by atoms with Gasteiger partial charge in [-0.1, -0.05) is 51.2 Å². The van der Waals surface area contributed by atoms with Crippen molar-refractivity contribution in [1.82, 2.24) is 14.8 Å². The topological polar surface area (TPSA) is 121 Å². The molecular formula is C50H65N3O6. The minimum absolute atomic E-state index is 0.0257. The third-order valence-corrected chi connectivity index (χ3v) is 16.8. The molecule has 2 aromatic rings. The number of fused-ring (bicyclic) bond motifs is 11. The Morgan fingerprint density at radius 2 is 1.81 bits per heavy atom. The second kappa shape index (κ2) is 13.4. The van der Waals surface area contributed by atoms with Gasteiger partial charge in [-0.05, 0) is 133 Å². The Labute approximate surface area is 350 Å². The van der Waals surface area contributed by atoms with Gasteiger partial charge in [-0.3, -0.25) is 14.4 Å². The average Bonchev–Trinajstić information content (AvgIpc) is 3.92. The van der Waals surface area contributed by atoms with E-state index in [1.807, 2.05) is 30.9 Å². The van der Waals surface area contributed by atoms with Crippen molar-refractivity contribution in [3.8, 4) is 0 Å². The SMILES string of the molecule is C=C(C)C1C(=O)c2c3c(cc4c5c(n1c24)C1(C)C(CCC2C(C)(/C=C/C=C(\C)C(=O)NCCCN4CCCC4=O)C(O)CCC21C)C5)C1=CC(C)(C)OC(C)(C)C1C3O. The van der Waals surface area contributed by atoms with Gasteiger partial charge < -0.3 is 29.7 Å². The maximum absolute atomic E-state index is 15.0. The van der Waals surface area contributed by atoms with Gasteiger partial charge in [-0.25, -0.2) is 0 Å². The van der Waals surface area contributed by atoms with E-state index in [2.05, 4.69) is 83.1 Å². The van der Waals surface area contributed by atoms with Gasteiger partial charge in [0.2, 0.25) is 11.8 Å². The molecule has 7 aliphatic rings. The Balaban J connectivity index is 1.08. The quantitative estimate of drug-likeness (QED) is 0.107. The van der Waals surface area contributed by atoms with Crippen LogP contribution < -0.4 is 5.32 Å². The Kier molecular flexibility index (Phi) is 9.19. The zero-order chi connectivity index (χ0) is 42.4. The van der Waals surface area contributed by atoms with Gasteiger partial charge in [0.05, 0.1) is 34.5 Å². The van der Waals surface area contributed by atoms with E-state index in [-0.39, 0.29) is 40.3 Å². The molecule has 2 saturated carbocycles. The van der Waals surface area contributed by atoms with E-state index in [0.717, 1.165) is 78.2 Å². The van der Waals surface area contributed by atoms with Crippen LogP contribution in [0.1, 0.15) is 152 Å². The Bertz CT molecular complexity index is 2310. The van der Waals surface area contributed by atoms with E-state index >= 15 is 0 Å². The van der Waals surface area contributed by atoms with E-state index in [0.29, 0.717) is 43.0 Å². The number of nitrogens with zero attached hydrogens (tertiary/aromatic N) is 2. The number of carbonyl (C=O) groups is 3. The van der Waals surface area contributed by atoms with Crippen molar-refractivity contribution in [3.05, 3.63) is 76.0 Å². The second-order valence-corrected chi connectivity index (χ2v) is 21.1. The maximum Gasteiger partial charge on any atom is 0.246 e.